The average molecular weight is 336 g/mol. The molecule has 0 aliphatic rings. The van der Waals surface area contributed by atoms with E-state index < -0.39 is 11.7 Å². The number of amides is 1. The van der Waals surface area contributed by atoms with Crippen molar-refractivity contribution >= 4 is 17.3 Å². The Morgan fingerprint density at radius 2 is 1.67 bits per heavy atom. The fourth-order valence-electron chi connectivity index (χ4n) is 2.34. The zero-order valence-electron chi connectivity index (χ0n) is 13.5. The third-order valence-corrected chi connectivity index (χ3v) is 3.62. The highest BCUT2D eigenvalue weighted by atomic mass is 19.4. The summed E-state index contributed by atoms with van der Waals surface area (Å²) < 4.78 is 37.9. The first-order valence-corrected chi connectivity index (χ1v) is 7.54. The summed E-state index contributed by atoms with van der Waals surface area (Å²) in [4.78, 5) is 12.0. The molecule has 0 fully saturated rings. The Morgan fingerprint density at radius 1 is 1.04 bits per heavy atom. The molecule has 24 heavy (non-hydrogen) atoms. The molecule has 0 aromatic heterocycles. The average Bonchev–Trinajstić information content (AvgIpc) is 2.51. The maximum absolute atomic E-state index is 12.6. The number of aryl methyl sites for hydroxylation is 2. The van der Waals surface area contributed by atoms with Gasteiger partial charge in [-0.05, 0) is 43.2 Å². The van der Waals surface area contributed by atoms with E-state index in [4.69, 9.17) is 0 Å². The number of para-hydroxylation sites is 1. The highest BCUT2D eigenvalue weighted by Gasteiger charge is 2.30. The van der Waals surface area contributed by atoms with Gasteiger partial charge in [-0.1, -0.05) is 24.3 Å². The van der Waals surface area contributed by atoms with Gasteiger partial charge in [0.25, 0.3) is 0 Å². The minimum absolute atomic E-state index is 0.157. The van der Waals surface area contributed by atoms with E-state index in [2.05, 4.69) is 10.6 Å². The van der Waals surface area contributed by atoms with E-state index in [1.165, 1.54) is 6.07 Å². The van der Waals surface area contributed by atoms with Crippen LogP contribution in [0.1, 0.15) is 23.1 Å². The van der Waals surface area contributed by atoms with Crippen LogP contribution in [0.15, 0.2) is 42.5 Å². The Balaban J connectivity index is 1.89. The van der Waals surface area contributed by atoms with Crippen LogP contribution < -0.4 is 10.6 Å². The van der Waals surface area contributed by atoms with Crippen molar-refractivity contribution in [1.82, 2.24) is 0 Å². The summed E-state index contributed by atoms with van der Waals surface area (Å²) >= 11 is 0. The molecule has 0 spiro atoms. The van der Waals surface area contributed by atoms with Gasteiger partial charge in [0, 0.05) is 24.3 Å². The summed E-state index contributed by atoms with van der Waals surface area (Å²) in [6.45, 7) is 4.06. The first kappa shape index (κ1) is 17.8. The van der Waals surface area contributed by atoms with E-state index >= 15 is 0 Å². The van der Waals surface area contributed by atoms with Crippen LogP contribution in [0.25, 0.3) is 0 Å². The van der Waals surface area contributed by atoms with Crippen LogP contribution in [-0.4, -0.2) is 12.5 Å². The SMILES string of the molecule is Cc1cccc(C)c1NC(=O)CCNc1cccc(C(F)(F)F)c1. The van der Waals surface area contributed by atoms with Gasteiger partial charge >= 0.3 is 6.18 Å². The van der Waals surface area contributed by atoms with E-state index in [1.807, 2.05) is 32.0 Å². The van der Waals surface area contributed by atoms with Gasteiger partial charge in [-0.15, -0.1) is 0 Å². The second-order valence-corrected chi connectivity index (χ2v) is 5.57. The molecule has 128 valence electrons. The molecular weight excluding hydrogens is 317 g/mol. The van der Waals surface area contributed by atoms with Crippen molar-refractivity contribution < 1.29 is 18.0 Å². The lowest BCUT2D eigenvalue weighted by molar-refractivity contribution is -0.137. The Kier molecular flexibility index (Phi) is 5.49. The summed E-state index contributed by atoms with van der Waals surface area (Å²) in [5.41, 5.74) is 2.34. The molecule has 2 aromatic carbocycles. The zero-order chi connectivity index (χ0) is 17.7. The van der Waals surface area contributed by atoms with Gasteiger partial charge in [0.05, 0.1) is 5.56 Å². The third kappa shape index (κ3) is 4.75. The molecule has 0 bridgehead atoms. The molecule has 2 N–H and O–H groups in total. The number of alkyl halides is 3. The Hall–Kier alpha value is -2.50. The summed E-state index contributed by atoms with van der Waals surface area (Å²) in [5, 5.41) is 5.68. The number of carbonyl (C=O) groups is 1. The topological polar surface area (TPSA) is 41.1 Å². The van der Waals surface area contributed by atoms with Gasteiger partial charge in [-0.25, -0.2) is 0 Å². The number of rotatable bonds is 5. The largest absolute Gasteiger partial charge is 0.416 e. The van der Waals surface area contributed by atoms with Crippen LogP contribution in [0, 0.1) is 13.8 Å². The predicted molar refractivity (Wildman–Crippen MR) is 89.1 cm³/mol. The summed E-state index contributed by atoms with van der Waals surface area (Å²) in [7, 11) is 0. The molecule has 2 rings (SSSR count). The maximum atomic E-state index is 12.6. The Bertz CT molecular complexity index is 706. The molecule has 0 saturated heterocycles. The van der Waals surface area contributed by atoms with Crippen LogP contribution in [0.3, 0.4) is 0 Å². The first-order chi connectivity index (χ1) is 11.3. The van der Waals surface area contributed by atoms with Gasteiger partial charge in [0.1, 0.15) is 0 Å². The van der Waals surface area contributed by atoms with Gasteiger partial charge in [-0.3, -0.25) is 4.79 Å². The summed E-state index contributed by atoms with van der Waals surface area (Å²) in [6.07, 6.45) is -4.22. The molecular formula is C18H19F3N2O. The predicted octanol–water partition coefficient (Wildman–Crippen LogP) is 4.76. The number of benzene rings is 2. The number of halogens is 3. The van der Waals surface area contributed by atoms with Crippen molar-refractivity contribution in [3.05, 3.63) is 59.2 Å². The van der Waals surface area contributed by atoms with Crippen LogP contribution in [0.2, 0.25) is 0 Å². The van der Waals surface area contributed by atoms with Gasteiger partial charge < -0.3 is 10.6 Å². The summed E-state index contributed by atoms with van der Waals surface area (Å²) in [6, 6.07) is 10.6. The van der Waals surface area contributed by atoms with Gasteiger partial charge in [0.15, 0.2) is 0 Å². The van der Waals surface area contributed by atoms with Crippen LogP contribution >= 0.6 is 0 Å². The molecule has 0 heterocycles. The highest BCUT2D eigenvalue weighted by molar-refractivity contribution is 5.92. The fourth-order valence-corrected chi connectivity index (χ4v) is 2.34. The van der Waals surface area contributed by atoms with E-state index in [1.54, 1.807) is 6.07 Å². The molecule has 0 saturated carbocycles. The van der Waals surface area contributed by atoms with Crippen LogP contribution in [0.4, 0.5) is 24.5 Å². The van der Waals surface area contributed by atoms with Gasteiger partial charge in [-0.2, -0.15) is 13.2 Å². The lowest BCUT2D eigenvalue weighted by Gasteiger charge is -2.13. The van der Waals surface area contributed by atoms with Crippen molar-refractivity contribution in [3.8, 4) is 0 Å². The Labute approximate surface area is 138 Å². The minimum Gasteiger partial charge on any atom is -0.385 e. The quantitative estimate of drug-likeness (QED) is 0.826. The lowest BCUT2D eigenvalue weighted by atomic mass is 10.1. The molecule has 0 unspecified atom stereocenters. The molecule has 2 aromatic rings. The van der Waals surface area contributed by atoms with Crippen molar-refractivity contribution in [2.75, 3.05) is 17.2 Å². The molecule has 0 aliphatic carbocycles. The molecule has 0 radical (unpaired) electrons. The molecule has 0 aliphatic heterocycles. The van der Waals surface area contributed by atoms with E-state index in [0.717, 1.165) is 28.9 Å². The first-order valence-electron chi connectivity index (χ1n) is 7.54. The Morgan fingerprint density at radius 3 is 2.29 bits per heavy atom. The smallest absolute Gasteiger partial charge is 0.385 e. The van der Waals surface area contributed by atoms with Crippen molar-refractivity contribution in [2.45, 2.75) is 26.4 Å². The standard InChI is InChI=1S/C18H19F3N2O/c1-12-5-3-6-13(2)17(12)23-16(24)9-10-22-15-8-4-7-14(11-15)18(19,20)21/h3-8,11,22H,9-10H2,1-2H3,(H,23,24). The zero-order valence-corrected chi connectivity index (χ0v) is 13.5. The second-order valence-electron chi connectivity index (χ2n) is 5.57. The molecule has 3 nitrogen and oxygen atoms in total. The lowest BCUT2D eigenvalue weighted by Crippen LogP contribution is -2.17. The number of hydrogen-bond acceptors (Lipinski definition) is 2. The maximum Gasteiger partial charge on any atom is 0.416 e. The van der Waals surface area contributed by atoms with Crippen LogP contribution in [-0.2, 0) is 11.0 Å². The van der Waals surface area contributed by atoms with Gasteiger partial charge in [0.2, 0.25) is 5.91 Å². The number of nitrogens with one attached hydrogen (secondary N) is 2. The van der Waals surface area contributed by atoms with Crippen molar-refractivity contribution in [1.29, 1.82) is 0 Å². The number of hydrogen-bond donors (Lipinski definition) is 2. The molecule has 1 amide bonds. The number of anilines is 2. The van der Waals surface area contributed by atoms with Crippen molar-refractivity contribution in [2.24, 2.45) is 0 Å². The van der Waals surface area contributed by atoms with Crippen molar-refractivity contribution in [3.63, 3.8) is 0 Å². The molecule has 0 atom stereocenters. The van der Waals surface area contributed by atoms with Crippen LogP contribution in [0.5, 0.6) is 0 Å². The third-order valence-electron chi connectivity index (χ3n) is 3.62. The fraction of sp³-hybridized carbons (Fsp3) is 0.278. The van der Waals surface area contributed by atoms with E-state index in [-0.39, 0.29) is 18.9 Å². The van der Waals surface area contributed by atoms with E-state index in [9.17, 15) is 18.0 Å². The minimum atomic E-state index is -4.38. The van der Waals surface area contributed by atoms with E-state index in [0.29, 0.717) is 5.69 Å². The summed E-state index contributed by atoms with van der Waals surface area (Å²) in [5.74, 6) is -0.188. The second kappa shape index (κ2) is 7.38. The molecule has 6 heteroatoms. The monoisotopic (exact) mass is 336 g/mol. The number of carbonyl (C=O) groups excluding carboxylic acids is 1. The highest BCUT2D eigenvalue weighted by Crippen LogP contribution is 2.30. The normalized spacial score (nSPS) is 11.2.